The summed E-state index contributed by atoms with van der Waals surface area (Å²) < 4.78 is 21.1. The van der Waals surface area contributed by atoms with Crippen LogP contribution in [0.3, 0.4) is 0 Å². The zero-order valence-corrected chi connectivity index (χ0v) is 77.6. The Morgan fingerprint density at radius 2 is 1.18 bits per heavy atom. The van der Waals surface area contributed by atoms with Crippen LogP contribution in [0, 0.1) is 17.2 Å². The molecule has 10 amide bonds. The topological polar surface area (TPSA) is 628 Å². The van der Waals surface area contributed by atoms with E-state index in [1.807, 2.05) is 62.0 Å². The van der Waals surface area contributed by atoms with Crippen molar-refractivity contribution in [2.24, 2.45) is 17.6 Å². The molecular formula is C93H124N18O26. The smallest absolute Gasteiger partial charge is 0.325 e. The molecule has 7 aromatic rings. The molecule has 0 saturated carbocycles. The Balaban J connectivity index is 0.738. The number of aromatic nitrogens is 5. The van der Waals surface area contributed by atoms with E-state index in [0.29, 0.717) is 114 Å². The molecule has 3 aliphatic heterocycles. The Kier molecular flexibility index (Phi) is 37.9. The number of fused-ring (bicyclic) bond motifs is 7. The first-order valence-corrected chi connectivity index (χ1v) is 45.8. The molecule has 137 heavy (non-hydrogen) atoms. The molecule has 2 fully saturated rings. The third-order valence-corrected chi connectivity index (χ3v) is 25.2. The maximum atomic E-state index is 14.6. The maximum absolute atomic E-state index is 14.6. The number of primary amides is 1. The molecule has 0 spiro atoms. The van der Waals surface area contributed by atoms with Crippen LogP contribution in [0.5, 0.6) is 29.0 Å². The first-order valence-electron chi connectivity index (χ1n) is 45.8. The molecule has 2 saturated heterocycles. The molecule has 44 nitrogen and oxygen atoms in total. The SMILES string of the molecule is CCN(CCN(C)CC(=O)OC)[C@H](CCC(=O)NCCOCCOCC(=O)NC(CCC(=O)O)C(=O)N[C@H](CCC(=O)O)C(=O)N[C@H](CCC(=O)O)C(=O)NCCC(=O)NC(CC(=O)N1CCC(CCn2ccc3cc(N(C(=N)c4cc(C(C)C)c(O)cc4O)C(N)=O)ccc32)CC1)CC(=O)N1CCC(CCn2cc3c4cc(ccc42)-n2c(O)nnc2-c2cc(c(O)cc2O)C3C)CC1)C(=O)O. The summed E-state index contributed by atoms with van der Waals surface area (Å²) in [5.41, 5.74) is 10.5. The first kappa shape index (κ1) is 105. The molecule has 6 atom stereocenters. The molecule has 44 heteroatoms. The van der Waals surface area contributed by atoms with Crippen molar-refractivity contribution in [3.63, 3.8) is 0 Å². The molecule has 0 aliphatic carbocycles. The number of nitrogens with two attached hydrogens (primary N) is 1. The Morgan fingerprint density at radius 1 is 0.591 bits per heavy atom. The molecule has 0 radical (unpaired) electrons. The third kappa shape index (κ3) is 29.0. The van der Waals surface area contributed by atoms with E-state index in [0.717, 1.165) is 38.3 Å². The average Bonchev–Trinajstić information content (AvgIpc) is 1.42. The number of amidine groups is 1. The van der Waals surface area contributed by atoms with Gasteiger partial charge in [0, 0.05) is 174 Å². The van der Waals surface area contributed by atoms with Crippen LogP contribution in [0.15, 0.2) is 79.1 Å². The number of aromatic hydroxyl groups is 5. The van der Waals surface area contributed by atoms with Crippen LogP contribution in [0.1, 0.15) is 171 Å². The minimum atomic E-state index is -1.80. The lowest BCUT2D eigenvalue weighted by molar-refractivity contribution is -0.145. The highest BCUT2D eigenvalue weighted by Crippen LogP contribution is 2.45. The van der Waals surface area contributed by atoms with Crippen molar-refractivity contribution in [2.45, 2.75) is 192 Å². The number of esters is 1. The molecular weight excluding hydrogens is 1790 g/mol. The number of phenolic OH excluding ortho intramolecular Hbond substituents is 4. The third-order valence-electron chi connectivity index (χ3n) is 25.2. The molecule has 3 unspecified atom stereocenters. The number of carboxylic acid groups (broad SMARTS) is 4. The van der Waals surface area contributed by atoms with E-state index in [-0.39, 0.29) is 134 Å². The first-order chi connectivity index (χ1) is 65.3. The van der Waals surface area contributed by atoms with Crippen LogP contribution in [0.4, 0.5) is 10.5 Å². The predicted octanol–water partition coefficient (Wildman–Crippen LogP) is 4.46. The summed E-state index contributed by atoms with van der Waals surface area (Å²) in [5.74, 6) is -13.3. The van der Waals surface area contributed by atoms with Gasteiger partial charge in [0.2, 0.25) is 47.3 Å². The van der Waals surface area contributed by atoms with Gasteiger partial charge in [0.05, 0.1) is 56.0 Å². The zero-order chi connectivity index (χ0) is 99.6. The van der Waals surface area contributed by atoms with Crippen LogP contribution < -0.4 is 42.5 Å². The number of nitrogens with one attached hydrogen (secondary N) is 7. The highest BCUT2D eigenvalue weighted by molar-refractivity contribution is 6.23. The van der Waals surface area contributed by atoms with Gasteiger partial charge in [-0.25, -0.2) is 14.3 Å². The number of carbonyl (C=O) groups is 14. The van der Waals surface area contributed by atoms with Crippen molar-refractivity contribution in [3.8, 4) is 46.1 Å². The summed E-state index contributed by atoms with van der Waals surface area (Å²) in [6.07, 6.45) is 2.66. The van der Waals surface area contributed by atoms with E-state index in [4.69, 9.17) is 20.6 Å². The molecule has 742 valence electrons. The molecule has 4 bridgehead atoms. The average molecular weight is 1910 g/mol. The fourth-order valence-electron chi connectivity index (χ4n) is 17.4. The largest absolute Gasteiger partial charge is 0.508 e. The lowest BCUT2D eigenvalue weighted by Gasteiger charge is -2.34. The standard InChI is InChI=1S/C93H124N18O26/c1-7-105(38-37-104(5)51-85(127)135-6)72(91(131)132)15-16-77(116)96-29-39-136-40-41-137-52-79(118)99-68(11-18-83(123)124)89(129)101-69(12-19-84(125)126)90(130)100-67(10-17-82(121)122)88(128)97-28-20-78(117)98-58(43-80(119)107-31-22-55(23-32-107)21-30-106-36-27-57-42-59(8-13-70(57)106)110(92(95)133)86(94)64-46-61(53(2)3)73(112)48-75(64)114)44-81(120)108-33-24-56(25-34-108)26-35-109-50-66-54(4)62-47-65(76(115)49-74(62)113)87-102-103-93(134)111(87)60-9-14-71(109)63(66)45-60/h8-9,13-14,27,36,42,45-50,53-56,58,67-69,72,94,112-115H,7,10-12,15-26,28-35,37-41,43-44,51-52H2,1-6H3,(H2,95,133)(H,96,116)(H,97,128)(H,98,117)(H,99,118)(H,100,130)(H,101,129)(H,103,134)(H,121,122)(H,123,124)(H,125,126)(H,131,132)/t54?,58?,67-,68?,69-,72-/m1/s1. The van der Waals surface area contributed by atoms with Gasteiger partial charge in [0.25, 0.3) is 0 Å². The number of aryl methyl sites for hydroxylation is 2. The number of likely N-dealkylation sites (tertiary alicyclic amines) is 2. The van der Waals surface area contributed by atoms with Crippen LogP contribution in [-0.2, 0) is 89.6 Å². The number of rotatable bonds is 51. The number of anilines is 1. The van der Waals surface area contributed by atoms with Gasteiger partial charge in [-0.15, -0.1) is 5.10 Å². The maximum Gasteiger partial charge on any atom is 0.325 e. The second kappa shape index (κ2) is 49.5. The van der Waals surface area contributed by atoms with Gasteiger partial charge in [-0.3, -0.25) is 77.5 Å². The Labute approximate surface area is 789 Å². The number of amides is 10. The van der Waals surface area contributed by atoms with E-state index >= 15 is 0 Å². The summed E-state index contributed by atoms with van der Waals surface area (Å²) >= 11 is 0. The fraction of sp³-hybridized carbons (Fsp3) is 0.516. The molecule has 10 rings (SSSR count). The number of nitrogens with zero attached hydrogens (tertiary/aromatic N) is 10. The lowest BCUT2D eigenvalue weighted by atomic mass is 9.90. The van der Waals surface area contributed by atoms with E-state index in [1.165, 1.54) is 23.8 Å². The molecule has 18 N–H and O–H groups in total. The van der Waals surface area contributed by atoms with Crippen molar-refractivity contribution in [1.29, 1.82) is 5.41 Å². The second-order valence-electron chi connectivity index (χ2n) is 35.0. The van der Waals surface area contributed by atoms with Crippen molar-refractivity contribution < 1.29 is 127 Å². The number of phenols is 4. The predicted molar refractivity (Wildman–Crippen MR) is 495 cm³/mol. The van der Waals surface area contributed by atoms with Crippen LogP contribution >= 0.6 is 0 Å². The summed E-state index contributed by atoms with van der Waals surface area (Å²) in [7, 11) is 2.95. The Hall–Kier alpha value is -14.0. The number of hydrogen-bond donors (Lipinski definition) is 17. The number of aliphatic carboxylic acids is 4. The fourth-order valence-corrected chi connectivity index (χ4v) is 17.4. The van der Waals surface area contributed by atoms with Gasteiger partial charge in [-0.05, 0) is 161 Å². The quantitative estimate of drug-likeness (QED) is 0.0108. The van der Waals surface area contributed by atoms with E-state index < -0.39 is 177 Å². The van der Waals surface area contributed by atoms with Gasteiger partial charge in [-0.1, -0.05) is 32.8 Å². The number of likely N-dealkylation sites (N-methyl/N-ethyl adjacent to an activating group) is 2. The van der Waals surface area contributed by atoms with Gasteiger partial charge in [0.1, 0.15) is 59.6 Å². The van der Waals surface area contributed by atoms with Crippen molar-refractivity contribution in [2.75, 3.05) is 111 Å². The summed E-state index contributed by atoms with van der Waals surface area (Å²) in [5, 5.41) is 127. The van der Waals surface area contributed by atoms with Gasteiger partial charge < -0.3 is 117 Å². The van der Waals surface area contributed by atoms with Gasteiger partial charge >= 0.3 is 41.9 Å². The summed E-state index contributed by atoms with van der Waals surface area (Å²) in [6, 6.07) is 9.51. The number of carbonyl (C=O) groups excluding carboxylic acids is 10. The number of urea groups is 1. The normalized spacial score (nSPS) is 14.9. The van der Waals surface area contributed by atoms with Crippen LogP contribution in [-0.4, -0.2) is 315 Å². The molecule has 4 aromatic carbocycles. The Bertz CT molecular complexity index is 5540. The van der Waals surface area contributed by atoms with Crippen molar-refractivity contribution in [1.82, 2.24) is 75.4 Å². The monoisotopic (exact) mass is 1910 g/mol. The number of methoxy groups -OCH3 is 1. The van der Waals surface area contributed by atoms with Gasteiger partial charge in [0.15, 0.2) is 5.82 Å². The van der Waals surface area contributed by atoms with E-state index in [1.54, 1.807) is 57.8 Å². The van der Waals surface area contributed by atoms with E-state index in [9.17, 15) is 113 Å². The zero-order valence-electron chi connectivity index (χ0n) is 77.6. The van der Waals surface area contributed by atoms with Crippen LogP contribution in [0.2, 0.25) is 0 Å². The number of carboxylic acids is 4. The number of hydrogen-bond acceptors (Lipinski definition) is 27. The van der Waals surface area contributed by atoms with E-state index in [2.05, 4.69) is 51.4 Å². The minimum absolute atomic E-state index is 0.00623. The second-order valence-corrected chi connectivity index (χ2v) is 35.0. The minimum Gasteiger partial charge on any atom is -0.508 e. The summed E-state index contributed by atoms with van der Waals surface area (Å²) in [4.78, 5) is 191. The molecule has 6 heterocycles. The number of piperidine rings is 2. The Morgan fingerprint density at radius 3 is 1.77 bits per heavy atom. The number of benzene rings is 4. The van der Waals surface area contributed by atoms with Crippen LogP contribution in [0.25, 0.3) is 38.9 Å². The highest BCUT2D eigenvalue weighted by Gasteiger charge is 2.37. The highest BCUT2D eigenvalue weighted by atomic mass is 16.5. The molecule has 3 aliphatic rings. The lowest BCUT2D eigenvalue weighted by Crippen LogP contribution is -2.57. The number of ether oxygens (including phenoxy) is 3. The van der Waals surface area contributed by atoms with Crippen molar-refractivity contribution in [3.05, 3.63) is 101 Å². The van der Waals surface area contributed by atoms with Gasteiger partial charge in [-0.2, -0.15) is 0 Å². The molecule has 3 aromatic heterocycles. The summed E-state index contributed by atoms with van der Waals surface area (Å²) in [6.45, 7) is 9.54. The van der Waals surface area contributed by atoms with Crippen molar-refractivity contribution >= 4 is 116 Å².